The number of rotatable bonds is 3. The highest BCUT2D eigenvalue weighted by atomic mass is 19.1. The summed E-state index contributed by atoms with van der Waals surface area (Å²) in [6.07, 6.45) is 3.73. The van der Waals surface area contributed by atoms with E-state index in [-0.39, 0.29) is 12.4 Å². The van der Waals surface area contributed by atoms with E-state index in [0.717, 1.165) is 19.4 Å². The molecule has 3 nitrogen and oxygen atoms in total. The van der Waals surface area contributed by atoms with E-state index in [2.05, 4.69) is 18.8 Å². The Kier molecular flexibility index (Phi) is 3.62. The van der Waals surface area contributed by atoms with Crippen LogP contribution in [0.3, 0.4) is 0 Å². The molecule has 0 spiro atoms. The van der Waals surface area contributed by atoms with Gasteiger partial charge in [-0.25, -0.2) is 9.37 Å². The number of aliphatic hydroxyl groups excluding tert-OH is 1. The first-order valence-corrected chi connectivity index (χ1v) is 6.16. The van der Waals surface area contributed by atoms with Crippen molar-refractivity contribution in [2.24, 2.45) is 5.92 Å². The fraction of sp³-hybridized carbons (Fsp3) is 0.615. The minimum atomic E-state index is -0.373. The van der Waals surface area contributed by atoms with Crippen LogP contribution in [-0.4, -0.2) is 22.7 Å². The summed E-state index contributed by atoms with van der Waals surface area (Å²) in [5, 5.41) is 9.07. The number of anilines is 1. The topological polar surface area (TPSA) is 36.4 Å². The molecule has 1 aromatic heterocycles. The second-order valence-corrected chi connectivity index (χ2v) is 4.91. The maximum absolute atomic E-state index is 14.1. The Morgan fingerprint density at radius 2 is 2.35 bits per heavy atom. The smallest absolute Gasteiger partial charge is 0.171 e. The van der Waals surface area contributed by atoms with E-state index in [1.54, 1.807) is 6.20 Å². The Hall–Kier alpha value is -1.16. The lowest BCUT2D eigenvalue weighted by Gasteiger charge is -2.29. The van der Waals surface area contributed by atoms with Crippen molar-refractivity contribution in [3.8, 4) is 0 Å². The number of halogens is 1. The first-order chi connectivity index (χ1) is 8.15. The van der Waals surface area contributed by atoms with Gasteiger partial charge in [0.25, 0.3) is 0 Å². The van der Waals surface area contributed by atoms with Crippen LogP contribution < -0.4 is 4.90 Å². The Balaban J connectivity index is 2.33. The van der Waals surface area contributed by atoms with Crippen molar-refractivity contribution >= 4 is 5.82 Å². The normalized spacial score (nSPS) is 20.3. The zero-order chi connectivity index (χ0) is 12.4. The Bertz CT molecular complexity index is 395. The fourth-order valence-corrected chi connectivity index (χ4v) is 2.54. The highest BCUT2D eigenvalue weighted by Crippen LogP contribution is 2.30. The summed E-state index contributed by atoms with van der Waals surface area (Å²) in [5.41, 5.74) is 0.324. The van der Waals surface area contributed by atoms with Gasteiger partial charge in [-0.3, -0.25) is 0 Å². The molecule has 2 rings (SSSR count). The predicted octanol–water partition coefficient (Wildman–Crippen LogP) is 2.34. The highest BCUT2D eigenvalue weighted by molar-refractivity contribution is 5.45. The summed E-state index contributed by atoms with van der Waals surface area (Å²) in [6.45, 7) is 4.87. The first-order valence-electron chi connectivity index (χ1n) is 6.16. The van der Waals surface area contributed by atoms with Gasteiger partial charge >= 0.3 is 0 Å². The van der Waals surface area contributed by atoms with Gasteiger partial charge in [-0.15, -0.1) is 0 Å². The molecule has 94 valence electrons. The maximum atomic E-state index is 14.1. The van der Waals surface area contributed by atoms with Crippen LogP contribution in [0.5, 0.6) is 0 Å². The molecular formula is C13H19FN2O. The fourth-order valence-electron chi connectivity index (χ4n) is 2.54. The van der Waals surface area contributed by atoms with Crippen molar-refractivity contribution in [3.05, 3.63) is 23.6 Å². The number of hydrogen-bond donors (Lipinski definition) is 1. The van der Waals surface area contributed by atoms with Gasteiger partial charge in [0.1, 0.15) is 0 Å². The highest BCUT2D eigenvalue weighted by Gasteiger charge is 2.30. The molecule has 1 saturated heterocycles. The second kappa shape index (κ2) is 5.00. The molecule has 1 aromatic rings. The van der Waals surface area contributed by atoms with E-state index in [1.807, 2.05) is 4.90 Å². The third kappa shape index (κ3) is 2.27. The zero-order valence-electron chi connectivity index (χ0n) is 10.4. The van der Waals surface area contributed by atoms with E-state index in [0.29, 0.717) is 23.3 Å². The number of aliphatic hydroxyl groups is 1. The van der Waals surface area contributed by atoms with Crippen LogP contribution in [0.25, 0.3) is 0 Å². The summed E-state index contributed by atoms with van der Waals surface area (Å²) in [5.74, 6) is 0.506. The molecule has 1 unspecified atom stereocenters. The molecule has 0 aromatic carbocycles. The molecule has 2 heterocycles. The third-order valence-electron chi connectivity index (χ3n) is 3.46. The van der Waals surface area contributed by atoms with Gasteiger partial charge in [-0.1, -0.05) is 13.8 Å². The molecule has 1 atom stereocenters. The molecule has 1 fully saturated rings. The number of hydrogen-bond acceptors (Lipinski definition) is 3. The molecule has 0 bridgehead atoms. The van der Waals surface area contributed by atoms with Crippen LogP contribution in [0, 0.1) is 11.7 Å². The van der Waals surface area contributed by atoms with Gasteiger partial charge in [-0.2, -0.15) is 0 Å². The van der Waals surface area contributed by atoms with Crippen molar-refractivity contribution in [2.75, 3.05) is 11.4 Å². The van der Waals surface area contributed by atoms with Gasteiger partial charge in [-0.05, 0) is 24.8 Å². The molecule has 0 aliphatic carbocycles. The van der Waals surface area contributed by atoms with E-state index in [4.69, 9.17) is 5.11 Å². The van der Waals surface area contributed by atoms with Crippen LogP contribution in [0.2, 0.25) is 0 Å². The largest absolute Gasteiger partial charge is 0.392 e. The van der Waals surface area contributed by atoms with E-state index in [9.17, 15) is 4.39 Å². The average Bonchev–Trinajstić information content (AvgIpc) is 2.78. The lowest BCUT2D eigenvalue weighted by molar-refractivity contribution is 0.275. The van der Waals surface area contributed by atoms with E-state index in [1.165, 1.54) is 6.07 Å². The van der Waals surface area contributed by atoms with Crippen LogP contribution in [0.1, 0.15) is 32.3 Å². The summed E-state index contributed by atoms with van der Waals surface area (Å²) >= 11 is 0. The van der Waals surface area contributed by atoms with Crippen LogP contribution in [0.15, 0.2) is 12.3 Å². The lowest BCUT2D eigenvalue weighted by Crippen LogP contribution is -2.34. The summed E-state index contributed by atoms with van der Waals surface area (Å²) < 4.78 is 14.1. The molecule has 17 heavy (non-hydrogen) atoms. The van der Waals surface area contributed by atoms with Gasteiger partial charge in [0, 0.05) is 24.3 Å². The van der Waals surface area contributed by atoms with Gasteiger partial charge in [0.05, 0.1) is 6.61 Å². The van der Waals surface area contributed by atoms with Crippen LogP contribution >= 0.6 is 0 Å². The predicted molar refractivity (Wildman–Crippen MR) is 65.3 cm³/mol. The molecule has 0 amide bonds. The summed E-state index contributed by atoms with van der Waals surface area (Å²) in [4.78, 5) is 6.18. The van der Waals surface area contributed by atoms with E-state index >= 15 is 0 Å². The van der Waals surface area contributed by atoms with E-state index < -0.39 is 0 Å². The van der Waals surface area contributed by atoms with Gasteiger partial charge in [0.2, 0.25) is 0 Å². The second-order valence-electron chi connectivity index (χ2n) is 4.91. The number of aromatic nitrogens is 1. The molecule has 1 aliphatic rings. The zero-order valence-corrected chi connectivity index (χ0v) is 10.4. The third-order valence-corrected chi connectivity index (χ3v) is 3.46. The Morgan fingerprint density at radius 3 is 3.00 bits per heavy atom. The molecule has 1 N–H and O–H groups in total. The molecule has 0 saturated carbocycles. The lowest BCUT2D eigenvalue weighted by atomic mass is 10.0. The van der Waals surface area contributed by atoms with Crippen molar-refractivity contribution in [2.45, 2.75) is 39.3 Å². The molecular weight excluding hydrogens is 219 g/mol. The van der Waals surface area contributed by atoms with Crippen molar-refractivity contribution < 1.29 is 9.50 Å². The minimum Gasteiger partial charge on any atom is -0.392 e. The molecule has 4 heteroatoms. The number of pyridine rings is 1. The van der Waals surface area contributed by atoms with Gasteiger partial charge < -0.3 is 10.0 Å². The van der Waals surface area contributed by atoms with Gasteiger partial charge in [0.15, 0.2) is 11.6 Å². The SMILES string of the molecule is CC(C)C1CCCN1c1nccc(CO)c1F. The monoisotopic (exact) mass is 238 g/mol. The first kappa shape index (κ1) is 12.3. The quantitative estimate of drug-likeness (QED) is 0.878. The molecule has 0 radical (unpaired) electrons. The minimum absolute atomic E-state index is 0.276. The van der Waals surface area contributed by atoms with Crippen molar-refractivity contribution in [1.29, 1.82) is 0 Å². The van der Waals surface area contributed by atoms with Crippen molar-refractivity contribution in [1.82, 2.24) is 4.98 Å². The standard InChI is InChI=1S/C13H19FN2O/c1-9(2)11-4-3-7-16(11)13-12(14)10(8-17)5-6-15-13/h5-6,9,11,17H,3-4,7-8H2,1-2H3. The molecule has 1 aliphatic heterocycles. The van der Waals surface area contributed by atoms with Crippen LogP contribution in [0.4, 0.5) is 10.2 Å². The average molecular weight is 238 g/mol. The van der Waals surface area contributed by atoms with Crippen molar-refractivity contribution in [3.63, 3.8) is 0 Å². The van der Waals surface area contributed by atoms with Crippen LogP contribution in [-0.2, 0) is 6.61 Å². The maximum Gasteiger partial charge on any atom is 0.171 e. The number of nitrogens with zero attached hydrogens (tertiary/aromatic N) is 2. The summed E-state index contributed by atoms with van der Waals surface area (Å²) in [7, 11) is 0. The Labute approximate surface area is 101 Å². The summed E-state index contributed by atoms with van der Waals surface area (Å²) in [6, 6.07) is 1.88. The Morgan fingerprint density at radius 1 is 1.59 bits per heavy atom.